The summed E-state index contributed by atoms with van der Waals surface area (Å²) in [5.74, 6) is 1.38. The maximum atomic E-state index is 13.0. The molecule has 140 valence electrons. The molecule has 2 aromatic rings. The molecule has 2 aromatic carbocycles. The smallest absolute Gasteiger partial charge is 0.328 e. The van der Waals surface area contributed by atoms with Crippen molar-refractivity contribution in [1.82, 2.24) is 9.80 Å². The predicted molar refractivity (Wildman–Crippen MR) is 106 cm³/mol. The van der Waals surface area contributed by atoms with Crippen LogP contribution >= 0.6 is 11.8 Å². The summed E-state index contributed by atoms with van der Waals surface area (Å²) in [4.78, 5) is 28.9. The van der Waals surface area contributed by atoms with E-state index in [4.69, 9.17) is 4.74 Å². The predicted octanol–water partition coefficient (Wildman–Crippen LogP) is 3.71. The van der Waals surface area contributed by atoms with Gasteiger partial charge in [0.05, 0.1) is 6.61 Å². The molecule has 2 saturated heterocycles. The molecule has 2 atom stereocenters. The zero-order chi connectivity index (χ0) is 18.8. The highest BCUT2D eigenvalue weighted by atomic mass is 32.2. The molecule has 2 fully saturated rings. The summed E-state index contributed by atoms with van der Waals surface area (Å²) in [6.45, 7) is 2.99. The molecule has 3 amide bonds. The van der Waals surface area contributed by atoms with Crippen molar-refractivity contribution in [2.75, 3.05) is 18.9 Å². The zero-order valence-corrected chi connectivity index (χ0v) is 16.0. The fourth-order valence-electron chi connectivity index (χ4n) is 3.59. The number of benzene rings is 2. The lowest BCUT2D eigenvalue weighted by atomic mass is 10.1. The van der Waals surface area contributed by atoms with E-state index in [0.29, 0.717) is 25.3 Å². The normalized spacial score (nSPS) is 21.7. The molecule has 2 aliphatic rings. The summed E-state index contributed by atoms with van der Waals surface area (Å²) in [6.07, 6.45) is 0.680. The van der Waals surface area contributed by atoms with Gasteiger partial charge in [0.25, 0.3) is 5.91 Å². The van der Waals surface area contributed by atoms with Crippen molar-refractivity contribution in [3.8, 4) is 5.75 Å². The number of hydrogen-bond acceptors (Lipinski definition) is 4. The molecule has 2 heterocycles. The number of imide groups is 1. The molecular formula is C21H22N2O3S. The van der Waals surface area contributed by atoms with Gasteiger partial charge in [0.15, 0.2) is 0 Å². The molecule has 4 rings (SSSR count). The molecule has 0 spiro atoms. The van der Waals surface area contributed by atoms with Gasteiger partial charge in [-0.15, -0.1) is 11.8 Å². The van der Waals surface area contributed by atoms with E-state index in [-0.39, 0.29) is 23.4 Å². The minimum absolute atomic E-state index is 0.0723. The summed E-state index contributed by atoms with van der Waals surface area (Å²) < 4.78 is 5.49. The Hall–Kier alpha value is -2.47. The molecule has 0 saturated carbocycles. The topological polar surface area (TPSA) is 49.9 Å². The highest BCUT2D eigenvalue weighted by Gasteiger charge is 2.52. The largest absolute Gasteiger partial charge is 0.494 e. The van der Waals surface area contributed by atoms with Crippen molar-refractivity contribution in [1.29, 1.82) is 0 Å². The van der Waals surface area contributed by atoms with E-state index in [1.165, 1.54) is 4.90 Å². The molecule has 27 heavy (non-hydrogen) atoms. The number of hydrogen-bond donors (Lipinski definition) is 0. The first kappa shape index (κ1) is 17.9. The Kier molecular flexibility index (Phi) is 5.07. The average molecular weight is 382 g/mol. The minimum Gasteiger partial charge on any atom is -0.494 e. The van der Waals surface area contributed by atoms with Gasteiger partial charge in [0, 0.05) is 12.3 Å². The van der Waals surface area contributed by atoms with Crippen molar-refractivity contribution < 1.29 is 14.3 Å². The van der Waals surface area contributed by atoms with Crippen LogP contribution in [0, 0.1) is 0 Å². The number of thioether (sulfide) groups is 1. The second-order valence-electron chi connectivity index (χ2n) is 6.62. The van der Waals surface area contributed by atoms with Gasteiger partial charge in [-0.1, -0.05) is 42.5 Å². The Labute approximate surface area is 163 Å². The Morgan fingerprint density at radius 3 is 2.52 bits per heavy atom. The van der Waals surface area contributed by atoms with Crippen molar-refractivity contribution in [3.63, 3.8) is 0 Å². The van der Waals surface area contributed by atoms with E-state index in [0.717, 1.165) is 16.9 Å². The molecule has 2 unspecified atom stereocenters. The fourth-order valence-corrected chi connectivity index (χ4v) is 5.00. The van der Waals surface area contributed by atoms with Crippen molar-refractivity contribution >= 4 is 23.7 Å². The molecule has 0 aliphatic carbocycles. The standard InChI is InChI=1S/C21H22N2O3S/c1-2-26-17-10-8-16(9-11-17)20-23-18(14-27-20)19(24)22(21(23)25)13-12-15-6-4-3-5-7-15/h3-11,18,20H,2,12-14H2,1H3. The lowest BCUT2D eigenvalue weighted by Crippen LogP contribution is -2.35. The number of ether oxygens (including phenoxy) is 1. The summed E-state index contributed by atoms with van der Waals surface area (Å²) in [5.41, 5.74) is 2.15. The Morgan fingerprint density at radius 2 is 1.81 bits per heavy atom. The van der Waals surface area contributed by atoms with E-state index in [9.17, 15) is 9.59 Å². The van der Waals surface area contributed by atoms with Crippen LogP contribution in [0.4, 0.5) is 4.79 Å². The number of carbonyl (C=O) groups excluding carboxylic acids is 2. The lowest BCUT2D eigenvalue weighted by molar-refractivity contribution is -0.127. The summed E-state index contributed by atoms with van der Waals surface area (Å²) in [6, 6.07) is 17.2. The SMILES string of the molecule is CCOc1ccc(C2SCC3C(=O)N(CCc4ccccc4)C(=O)N32)cc1. The van der Waals surface area contributed by atoms with Gasteiger partial charge in [-0.2, -0.15) is 0 Å². The summed E-state index contributed by atoms with van der Waals surface area (Å²) >= 11 is 1.65. The first-order valence-electron chi connectivity index (χ1n) is 9.21. The van der Waals surface area contributed by atoms with Gasteiger partial charge >= 0.3 is 6.03 Å². The highest BCUT2D eigenvalue weighted by Crippen LogP contribution is 2.45. The van der Waals surface area contributed by atoms with Crippen LogP contribution in [-0.4, -0.2) is 46.7 Å². The molecule has 6 heteroatoms. The van der Waals surface area contributed by atoms with Crippen molar-refractivity contribution in [3.05, 3.63) is 65.7 Å². The third-order valence-corrected chi connectivity index (χ3v) is 6.27. The first-order valence-corrected chi connectivity index (χ1v) is 10.3. The van der Waals surface area contributed by atoms with Crippen LogP contribution in [0.5, 0.6) is 5.75 Å². The van der Waals surface area contributed by atoms with E-state index in [1.54, 1.807) is 16.7 Å². The third kappa shape index (κ3) is 3.41. The van der Waals surface area contributed by atoms with E-state index < -0.39 is 0 Å². The Balaban J connectivity index is 1.48. The van der Waals surface area contributed by atoms with E-state index in [2.05, 4.69) is 0 Å². The molecule has 0 radical (unpaired) electrons. The molecule has 5 nitrogen and oxygen atoms in total. The lowest BCUT2D eigenvalue weighted by Gasteiger charge is -2.23. The molecule has 0 N–H and O–H groups in total. The van der Waals surface area contributed by atoms with Crippen LogP contribution in [-0.2, 0) is 11.2 Å². The van der Waals surface area contributed by atoms with E-state index in [1.807, 2.05) is 61.5 Å². The maximum absolute atomic E-state index is 13.0. The van der Waals surface area contributed by atoms with Crippen molar-refractivity contribution in [2.45, 2.75) is 24.8 Å². The average Bonchev–Trinajstić information content (AvgIpc) is 3.23. The van der Waals surface area contributed by atoms with Crippen molar-refractivity contribution in [2.24, 2.45) is 0 Å². The number of fused-ring (bicyclic) bond motifs is 1. The number of amides is 3. The second-order valence-corrected chi connectivity index (χ2v) is 7.73. The number of carbonyl (C=O) groups is 2. The number of urea groups is 1. The number of rotatable bonds is 6. The first-order chi connectivity index (χ1) is 13.2. The number of nitrogens with zero attached hydrogens (tertiary/aromatic N) is 2. The molecular weight excluding hydrogens is 360 g/mol. The van der Waals surface area contributed by atoms with Crippen LogP contribution < -0.4 is 4.74 Å². The third-order valence-electron chi connectivity index (χ3n) is 4.95. The Morgan fingerprint density at radius 1 is 1.07 bits per heavy atom. The van der Waals surface area contributed by atoms with Gasteiger partial charge in [0.2, 0.25) is 0 Å². The maximum Gasteiger partial charge on any atom is 0.328 e. The zero-order valence-electron chi connectivity index (χ0n) is 15.2. The summed E-state index contributed by atoms with van der Waals surface area (Å²) in [7, 11) is 0. The molecule has 0 bridgehead atoms. The quantitative estimate of drug-likeness (QED) is 0.715. The fraction of sp³-hybridized carbons (Fsp3) is 0.333. The monoisotopic (exact) mass is 382 g/mol. The van der Waals surface area contributed by atoms with Gasteiger partial charge in [-0.05, 0) is 36.6 Å². The van der Waals surface area contributed by atoms with Crippen LogP contribution in [0.15, 0.2) is 54.6 Å². The van der Waals surface area contributed by atoms with Crippen LogP contribution in [0.1, 0.15) is 23.4 Å². The minimum atomic E-state index is -0.352. The molecule has 2 aliphatic heterocycles. The van der Waals surface area contributed by atoms with Crippen LogP contribution in [0.25, 0.3) is 0 Å². The van der Waals surface area contributed by atoms with Gasteiger partial charge in [0.1, 0.15) is 17.2 Å². The Bertz CT molecular complexity index is 825. The van der Waals surface area contributed by atoms with Crippen LogP contribution in [0.3, 0.4) is 0 Å². The van der Waals surface area contributed by atoms with Gasteiger partial charge < -0.3 is 4.74 Å². The highest BCUT2D eigenvalue weighted by molar-refractivity contribution is 7.99. The second kappa shape index (κ2) is 7.64. The van der Waals surface area contributed by atoms with Gasteiger partial charge in [-0.3, -0.25) is 14.6 Å². The van der Waals surface area contributed by atoms with E-state index >= 15 is 0 Å². The van der Waals surface area contributed by atoms with Gasteiger partial charge in [-0.25, -0.2) is 4.79 Å². The molecule has 0 aromatic heterocycles. The summed E-state index contributed by atoms with van der Waals surface area (Å²) in [5, 5.41) is -0.121. The van der Waals surface area contributed by atoms with Crippen LogP contribution in [0.2, 0.25) is 0 Å².